The van der Waals surface area contributed by atoms with Crippen LogP contribution in [0.2, 0.25) is 0 Å². The molecule has 0 heterocycles. The monoisotopic (exact) mass is 273 g/mol. The fourth-order valence-corrected chi connectivity index (χ4v) is 2.64. The Bertz CT molecular complexity index is 198. The fraction of sp³-hybridized carbons (Fsp3) is 1.00. The van der Waals surface area contributed by atoms with Gasteiger partial charge in [0.15, 0.2) is 0 Å². The first kappa shape index (κ1) is 18.8. The Balaban J connectivity index is 4.22. The lowest BCUT2D eigenvalue weighted by molar-refractivity contribution is 0.101. The van der Waals surface area contributed by atoms with Crippen LogP contribution in [0.15, 0.2) is 0 Å². The summed E-state index contributed by atoms with van der Waals surface area (Å²) in [6.07, 6.45) is 3.21. The third kappa shape index (κ3) is 7.25. The summed E-state index contributed by atoms with van der Waals surface area (Å²) in [5, 5.41) is 9.59. The van der Waals surface area contributed by atoms with Crippen LogP contribution < -0.4 is 5.73 Å². The lowest BCUT2D eigenvalue weighted by Crippen LogP contribution is -2.50. The summed E-state index contributed by atoms with van der Waals surface area (Å²) in [6.45, 7) is 14.2. The Morgan fingerprint density at radius 3 is 2.05 bits per heavy atom. The van der Waals surface area contributed by atoms with Crippen LogP contribution in [0.25, 0.3) is 0 Å². The Labute approximate surface area is 120 Å². The van der Waals surface area contributed by atoms with E-state index in [0.717, 1.165) is 52.0 Å². The maximum Gasteiger partial charge on any atom is 0.0601 e. The Kier molecular flexibility index (Phi) is 11.6. The molecule has 0 spiro atoms. The van der Waals surface area contributed by atoms with Crippen molar-refractivity contribution >= 4 is 0 Å². The van der Waals surface area contributed by atoms with Gasteiger partial charge < -0.3 is 15.7 Å². The van der Waals surface area contributed by atoms with Crippen LogP contribution in [0.4, 0.5) is 0 Å². The molecule has 0 aliphatic heterocycles. The SMILES string of the molecule is CCCC(N)C(CO)N(CC)CCCN(CC)CC. The van der Waals surface area contributed by atoms with Gasteiger partial charge in [0, 0.05) is 12.1 Å². The quantitative estimate of drug-likeness (QED) is 0.566. The molecule has 3 N–H and O–H groups in total. The van der Waals surface area contributed by atoms with Crippen molar-refractivity contribution in [2.45, 2.75) is 59.0 Å². The first-order valence-corrected chi connectivity index (χ1v) is 7.97. The summed E-state index contributed by atoms with van der Waals surface area (Å²) >= 11 is 0. The van der Waals surface area contributed by atoms with Gasteiger partial charge in [-0.2, -0.15) is 0 Å². The van der Waals surface area contributed by atoms with Crippen LogP contribution >= 0.6 is 0 Å². The molecule has 0 saturated carbocycles. The number of aliphatic hydroxyl groups is 1. The zero-order valence-electron chi connectivity index (χ0n) is 13.4. The summed E-state index contributed by atoms with van der Waals surface area (Å²) in [4.78, 5) is 4.78. The van der Waals surface area contributed by atoms with Crippen molar-refractivity contribution in [1.29, 1.82) is 0 Å². The van der Waals surface area contributed by atoms with Gasteiger partial charge >= 0.3 is 0 Å². The second-order valence-electron chi connectivity index (χ2n) is 5.21. The Morgan fingerprint density at radius 2 is 1.63 bits per heavy atom. The van der Waals surface area contributed by atoms with Crippen molar-refractivity contribution in [3.63, 3.8) is 0 Å². The molecular weight excluding hydrogens is 238 g/mol. The van der Waals surface area contributed by atoms with Crippen molar-refractivity contribution in [1.82, 2.24) is 9.80 Å². The minimum absolute atomic E-state index is 0.0865. The van der Waals surface area contributed by atoms with E-state index < -0.39 is 0 Å². The third-order valence-electron chi connectivity index (χ3n) is 3.99. The number of hydrogen-bond acceptors (Lipinski definition) is 4. The Hall–Kier alpha value is -0.160. The highest BCUT2D eigenvalue weighted by atomic mass is 16.3. The fourth-order valence-electron chi connectivity index (χ4n) is 2.64. The van der Waals surface area contributed by atoms with Gasteiger partial charge in [-0.1, -0.05) is 34.1 Å². The molecule has 0 amide bonds. The number of hydrogen-bond donors (Lipinski definition) is 2. The lowest BCUT2D eigenvalue weighted by atomic mass is 10.0. The van der Waals surface area contributed by atoms with Gasteiger partial charge in [0.05, 0.1) is 6.61 Å². The van der Waals surface area contributed by atoms with E-state index in [1.54, 1.807) is 0 Å². The number of nitrogens with zero attached hydrogens (tertiary/aromatic N) is 2. The van der Waals surface area contributed by atoms with E-state index in [4.69, 9.17) is 5.73 Å². The van der Waals surface area contributed by atoms with Crippen LogP contribution in [0.3, 0.4) is 0 Å². The zero-order chi connectivity index (χ0) is 14.7. The standard InChI is InChI=1S/C15H35N3O/c1-5-10-14(16)15(13-19)18(8-4)12-9-11-17(6-2)7-3/h14-15,19H,5-13,16H2,1-4H3. The van der Waals surface area contributed by atoms with Crippen LogP contribution in [0.1, 0.15) is 47.0 Å². The molecule has 19 heavy (non-hydrogen) atoms. The summed E-state index contributed by atoms with van der Waals surface area (Å²) in [7, 11) is 0. The zero-order valence-corrected chi connectivity index (χ0v) is 13.4. The molecule has 0 aromatic heterocycles. The Morgan fingerprint density at radius 1 is 1.00 bits per heavy atom. The summed E-state index contributed by atoms with van der Waals surface area (Å²) < 4.78 is 0. The molecule has 0 bridgehead atoms. The van der Waals surface area contributed by atoms with Gasteiger partial charge in [0.2, 0.25) is 0 Å². The van der Waals surface area contributed by atoms with Crippen molar-refractivity contribution < 1.29 is 5.11 Å². The molecule has 2 unspecified atom stereocenters. The lowest BCUT2D eigenvalue weighted by Gasteiger charge is -2.34. The topological polar surface area (TPSA) is 52.7 Å². The highest BCUT2D eigenvalue weighted by Gasteiger charge is 2.22. The largest absolute Gasteiger partial charge is 0.395 e. The minimum atomic E-state index is 0.0865. The first-order chi connectivity index (χ1) is 9.14. The normalized spacial score (nSPS) is 15.2. The van der Waals surface area contributed by atoms with Gasteiger partial charge in [-0.25, -0.2) is 0 Å². The van der Waals surface area contributed by atoms with Crippen molar-refractivity contribution in [3.05, 3.63) is 0 Å². The highest BCUT2D eigenvalue weighted by Crippen LogP contribution is 2.09. The molecule has 0 aromatic rings. The molecule has 0 aliphatic carbocycles. The molecule has 116 valence electrons. The average molecular weight is 273 g/mol. The van der Waals surface area contributed by atoms with E-state index in [0.29, 0.717) is 0 Å². The number of nitrogens with two attached hydrogens (primary N) is 1. The van der Waals surface area contributed by atoms with Crippen LogP contribution in [-0.2, 0) is 0 Å². The molecule has 4 nitrogen and oxygen atoms in total. The molecule has 0 radical (unpaired) electrons. The molecule has 0 aromatic carbocycles. The number of likely N-dealkylation sites (N-methyl/N-ethyl adjacent to an activating group) is 1. The molecule has 0 aliphatic rings. The number of rotatable bonds is 12. The van der Waals surface area contributed by atoms with Gasteiger partial charge in [-0.15, -0.1) is 0 Å². The second-order valence-corrected chi connectivity index (χ2v) is 5.21. The maximum absolute atomic E-state index is 9.59. The molecule has 0 rings (SSSR count). The highest BCUT2D eigenvalue weighted by molar-refractivity contribution is 4.81. The van der Waals surface area contributed by atoms with E-state index in [2.05, 4.69) is 37.5 Å². The average Bonchev–Trinajstić information content (AvgIpc) is 2.42. The predicted molar refractivity (Wildman–Crippen MR) is 83.4 cm³/mol. The van der Waals surface area contributed by atoms with Crippen molar-refractivity contribution in [3.8, 4) is 0 Å². The van der Waals surface area contributed by atoms with Gasteiger partial charge in [0.25, 0.3) is 0 Å². The summed E-state index contributed by atoms with van der Waals surface area (Å²) in [6, 6.07) is 0.199. The van der Waals surface area contributed by atoms with E-state index in [-0.39, 0.29) is 18.7 Å². The van der Waals surface area contributed by atoms with E-state index in [1.165, 1.54) is 0 Å². The second kappa shape index (κ2) is 11.6. The van der Waals surface area contributed by atoms with E-state index in [1.807, 2.05) is 0 Å². The molecule has 0 fully saturated rings. The maximum atomic E-state index is 9.59. The first-order valence-electron chi connectivity index (χ1n) is 7.97. The minimum Gasteiger partial charge on any atom is -0.395 e. The van der Waals surface area contributed by atoms with Crippen LogP contribution in [0.5, 0.6) is 0 Å². The number of aliphatic hydroxyl groups excluding tert-OH is 1. The summed E-state index contributed by atoms with van der Waals surface area (Å²) in [5.41, 5.74) is 6.19. The van der Waals surface area contributed by atoms with E-state index in [9.17, 15) is 5.11 Å². The van der Waals surface area contributed by atoms with Crippen molar-refractivity contribution in [2.75, 3.05) is 39.3 Å². The van der Waals surface area contributed by atoms with Gasteiger partial charge in [-0.3, -0.25) is 4.90 Å². The van der Waals surface area contributed by atoms with E-state index >= 15 is 0 Å². The molecule has 4 heteroatoms. The van der Waals surface area contributed by atoms with Gasteiger partial charge in [-0.05, 0) is 45.6 Å². The van der Waals surface area contributed by atoms with Crippen LogP contribution in [-0.4, -0.2) is 66.3 Å². The molecular formula is C15H35N3O. The van der Waals surface area contributed by atoms with Gasteiger partial charge in [0.1, 0.15) is 0 Å². The third-order valence-corrected chi connectivity index (χ3v) is 3.99. The summed E-state index contributed by atoms with van der Waals surface area (Å²) in [5.74, 6) is 0. The smallest absolute Gasteiger partial charge is 0.0601 e. The predicted octanol–water partition coefficient (Wildman–Crippen LogP) is 1.53. The van der Waals surface area contributed by atoms with Crippen molar-refractivity contribution in [2.24, 2.45) is 5.73 Å². The van der Waals surface area contributed by atoms with Crippen LogP contribution in [0, 0.1) is 0 Å². The molecule has 0 saturated heterocycles. The molecule has 2 atom stereocenters.